The molecule has 0 aliphatic carbocycles. The van der Waals surface area contributed by atoms with Crippen molar-refractivity contribution in [3.05, 3.63) is 0 Å². The van der Waals surface area contributed by atoms with E-state index >= 15 is 0 Å². The lowest BCUT2D eigenvalue weighted by molar-refractivity contribution is -0.139. The van der Waals surface area contributed by atoms with E-state index < -0.39 is 11.8 Å². The highest BCUT2D eigenvalue weighted by molar-refractivity contribution is 6.35. The number of amides is 3. The number of nitrogens with one attached hydrogen (secondary N) is 3. The molecule has 1 fully saturated rings. The van der Waals surface area contributed by atoms with Crippen LogP contribution in [0.4, 0.5) is 0 Å². The first-order chi connectivity index (χ1) is 12.5. The van der Waals surface area contributed by atoms with Gasteiger partial charge in [0.05, 0.1) is 26.2 Å². The summed E-state index contributed by atoms with van der Waals surface area (Å²) in [5.74, 6) is -1.86. The highest BCUT2D eigenvalue weighted by atomic mass is 16.5. The monoisotopic (exact) mass is 371 g/mol. The summed E-state index contributed by atoms with van der Waals surface area (Å²) in [7, 11) is 1.49. The maximum atomic E-state index is 11.8. The number of ether oxygens (including phenoxy) is 2. The molecular weight excluding hydrogens is 342 g/mol. The van der Waals surface area contributed by atoms with Crippen molar-refractivity contribution in [3.8, 4) is 0 Å². The van der Waals surface area contributed by atoms with Crippen LogP contribution in [0.2, 0.25) is 0 Å². The summed E-state index contributed by atoms with van der Waals surface area (Å²) in [4.78, 5) is 37.0. The van der Waals surface area contributed by atoms with Crippen molar-refractivity contribution in [3.63, 3.8) is 0 Å². The van der Waals surface area contributed by atoms with Crippen molar-refractivity contribution >= 4 is 23.4 Å². The molecule has 0 spiro atoms. The third kappa shape index (κ3) is 10.1. The molecule has 26 heavy (non-hydrogen) atoms. The van der Waals surface area contributed by atoms with Gasteiger partial charge < -0.3 is 20.1 Å². The molecule has 0 unspecified atom stereocenters. The molecule has 0 aromatic carbocycles. The highest BCUT2D eigenvalue weighted by Gasteiger charge is 2.12. The zero-order valence-electron chi connectivity index (χ0n) is 15.5. The summed E-state index contributed by atoms with van der Waals surface area (Å²) >= 11 is 0. The van der Waals surface area contributed by atoms with Gasteiger partial charge in [0.15, 0.2) is 0 Å². The summed E-state index contributed by atoms with van der Waals surface area (Å²) in [6.07, 6.45) is 0.920. The number of hydrogen-bond acceptors (Lipinski definition) is 7. The van der Waals surface area contributed by atoms with Gasteiger partial charge in [-0.1, -0.05) is 0 Å². The quantitative estimate of drug-likeness (QED) is 0.185. The zero-order valence-corrected chi connectivity index (χ0v) is 15.5. The Morgan fingerprint density at radius 2 is 1.85 bits per heavy atom. The summed E-state index contributed by atoms with van der Waals surface area (Å²) < 4.78 is 10.0. The maximum Gasteiger partial charge on any atom is 0.329 e. The molecule has 0 bridgehead atoms. The summed E-state index contributed by atoms with van der Waals surface area (Å²) in [6.45, 7) is 7.04. The minimum absolute atomic E-state index is 0.0587. The number of nitrogens with zero attached hydrogens (tertiary/aromatic N) is 2. The van der Waals surface area contributed by atoms with Crippen molar-refractivity contribution in [2.45, 2.75) is 19.8 Å². The SMILES string of the molecule is COCCNC(=O)C(=O)NN=C(C)CC(=O)NCCCN1CCOCC1. The molecule has 1 rings (SSSR count). The van der Waals surface area contributed by atoms with Gasteiger partial charge in [-0.05, 0) is 19.9 Å². The van der Waals surface area contributed by atoms with Gasteiger partial charge in [0.25, 0.3) is 0 Å². The van der Waals surface area contributed by atoms with Gasteiger partial charge in [-0.2, -0.15) is 5.10 Å². The van der Waals surface area contributed by atoms with Crippen LogP contribution in [-0.4, -0.2) is 88.0 Å². The molecule has 0 atom stereocenters. The molecule has 1 aliphatic rings. The van der Waals surface area contributed by atoms with Gasteiger partial charge in [0.1, 0.15) is 0 Å². The molecule has 0 aromatic rings. The van der Waals surface area contributed by atoms with Crippen LogP contribution < -0.4 is 16.1 Å². The number of morpholine rings is 1. The van der Waals surface area contributed by atoms with Crippen LogP contribution in [0.3, 0.4) is 0 Å². The van der Waals surface area contributed by atoms with Crippen LogP contribution in [0, 0.1) is 0 Å². The molecule has 3 N–H and O–H groups in total. The molecule has 0 aromatic heterocycles. The Kier molecular flexibility index (Phi) is 11.2. The normalized spacial score (nSPS) is 15.4. The predicted molar refractivity (Wildman–Crippen MR) is 95.6 cm³/mol. The lowest BCUT2D eigenvalue weighted by Gasteiger charge is -2.26. The summed E-state index contributed by atoms with van der Waals surface area (Å²) in [5.41, 5.74) is 2.53. The molecule has 10 heteroatoms. The fraction of sp³-hybridized carbons (Fsp3) is 0.750. The first kappa shape index (κ1) is 22.0. The van der Waals surface area contributed by atoms with Crippen molar-refractivity contribution in [1.82, 2.24) is 21.0 Å². The topological polar surface area (TPSA) is 121 Å². The number of carbonyl (C=O) groups is 3. The number of carbonyl (C=O) groups excluding carboxylic acids is 3. The lowest BCUT2D eigenvalue weighted by atomic mass is 10.3. The van der Waals surface area contributed by atoms with Gasteiger partial charge in [0, 0.05) is 39.0 Å². The Balaban J connectivity index is 2.14. The summed E-state index contributed by atoms with van der Waals surface area (Å²) in [5, 5.41) is 8.94. The van der Waals surface area contributed by atoms with E-state index in [0.29, 0.717) is 18.9 Å². The molecule has 0 radical (unpaired) electrons. The second kappa shape index (κ2) is 13.2. The van der Waals surface area contributed by atoms with Gasteiger partial charge in [0.2, 0.25) is 5.91 Å². The fourth-order valence-electron chi connectivity index (χ4n) is 2.23. The first-order valence-electron chi connectivity index (χ1n) is 8.70. The van der Waals surface area contributed by atoms with Crippen molar-refractivity contribution in [2.24, 2.45) is 5.10 Å². The van der Waals surface area contributed by atoms with Gasteiger partial charge in [-0.25, -0.2) is 5.43 Å². The van der Waals surface area contributed by atoms with Gasteiger partial charge in [-0.15, -0.1) is 0 Å². The molecular formula is C16H29N5O5. The van der Waals surface area contributed by atoms with Crippen molar-refractivity contribution < 1.29 is 23.9 Å². The van der Waals surface area contributed by atoms with E-state index in [0.717, 1.165) is 39.3 Å². The number of hydrazone groups is 1. The van der Waals surface area contributed by atoms with E-state index in [4.69, 9.17) is 9.47 Å². The fourth-order valence-corrected chi connectivity index (χ4v) is 2.23. The predicted octanol–water partition coefficient (Wildman–Crippen LogP) is -1.53. The minimum Gasteiger partial charge on any atom is -0.383 e. The molecule has 1 saturated heterocycles. The minimum atomic E-state index is -0.883. The van der Waals surface area contributed by atoms with Crippen LogP contribution in [0.1, 0.15) is 19.8 Å². The molecule has 148 valence electrons. The smallest absolute Gasteiger partial charge is 0.329 e. The standard InChI is InChI=1S/C16H29N5O5/c1-13(19-20-16(24)15(23)18-5-9-25-2)12-14(22)17-4-3-6-21-7-10-26-11-8-21/h3-12H2,1-2H3,(H,17,22)(H,18,23)(H,20,24). The highest BCUT2D eigenvalue weighted by Crippen LogP contribution is 1.97. The Bertz CT molecular complexity index is 491. The molecule has 1 aliphatic heterocycles. The van der Waals surface area contributed by atoms with Crippen LogP contribution in [0.5, 0.6) is 0 Å². The summed E-state index contributed by atoms with van der Waals surface area (Å²) in [6, 6.07) is 0. The first-order valence-corrected chi connectivity index (χ1v) is 8.70. The Hall–Kier alpha value is -2.04. The van der Waals surface area contributed by atoms with Crippen LogP contribution >= 0.6 is 0 Å². The van der Waals surface area contributed by atoms with E-state index in [1.54, 1.807) is 6.92 Å². The van der Waals surface area contributed by atoms with Crippen molar-refractivity contribution in [2.75, 3.05) is 59.7 Å². The average molecular weight is 371 g/mol. The number of hydrogen-bond donors (Lipinski definition) is 3. The van der Waals surface area contributed by atoms with E-state index in [9.17, 15) is 14.4 Å². The Morgan fingerprint density at radius 3 is 2.54 bits per heavy atom. The van der Waals surface area contributed by atoms with Gasteiger partial charge >= 0.3 is 11.8 Å². The average Bonchev–Trinajstić information content (AvgIpc) is 2.64. The van der Waals surface area contributed by atoms with Crippen LogP contribution in [0.25, 0.3) is 0 Å². The number of rotatable bonds is 10. The van der Waals surface area contributed by atoms with E-state index in [1.165, 1.54) is 7.11 Å². The van der Waals surface area contributed by atoms with E-state index in [1.807, 2.05) is 0 Å². The second-order valence-electron chi connectivity index (χ2n) is 5.87. The number of methoxy groups -OCH3 is 1. The second-order valence-corrected chi connectivity index (χ2v) is 5.87. The lowest BCUT2D eigenvalue weighted by Crippen LogP contribution is -2.39. The maximum absolute atomic E-state index is 11.8. The van der Waals surface area contributed by atoms with Crippen molar-refractivity contribution in [1.29, 1.82) is 0 Å². The van der Waals surface area contributed by atoms with Crippen LogP contribution in [0.15, 0.2) is 5.10 Å². The Morgan fingerprint density at radius 1 is 1.12 bits per heavy atom. The van der Waals surface area contributed by atoms with Crippen LogP contribution in [-0.2, 0) is 23.9 Å². The molecule has 3 amide bonds. The molecule has 1 heterocycles. The van der Waals surface area contributed by atoms with E-state index in [-0.39, 0.29) is 18.9 Å². The van der Waals surface area contributed by atoms with Gasteiger partial charge in [-0.3, -0.25) is 19.3 Å². The third-order valence-electron chi connectivity index (χ3n) is 3.64. The molecule has 0 saturated carbocycles. The molecule has 10 nitrogen and oxygen atoms in total. The zero-order chi connectivity index (χ0) is 19.2. The Labute approximate surface area is 153 Å². The largest absolute Gasteiger partial charge is 0.383 e. The third-order valence-corrected chi connectivity index (χ3v) is 3.64. The van der Waals surface area contributed by atoms with E-state index in [2.05, 4.69) is 26.1 Å².